The second kappa shape index (κ2) is 5.16. The molecular formula is C10H6Cl2IN3. The maximum atomic E-state index is 5.95. The maximum Gasteiger partial charge on any atom is 0.224 e. The molecule has 2 aromatic rings. The SMILES string of the molecule is Clc1ncc(Cl)c(Nc2ccccc2I)n1. The van der Waals surface area contributed by atoms with E-state index < -0.39 is 0 Å². The van der Waals surface area contributed by atoms with Gasteiger partial charge in [-0.15, -0.1) is 0 Å². The van der Waals surface area contributed by atoms with Gasteiger partial charge in [0.2, 0.25) is 5.28 Å². The minimum Gasteiger partial charge on any atom is -0.338 e. The van der Waals surface area contributed by atoms with Crippen molar-refractivity contribution >= 4 is 57.3 Å². The molecule has 0 unspecified atom stereocenters. The molecule has 0 saturated heterocycles. The van der Waals surface area contributed by atoms with Crippen LogP contribution in [0.3, 0.4) is 0 Å². The van der Waals surface area contributed by atoms with Gasteiger partial charge in [0, 0.05) is 3.57 Å². The van der Waals surface area contributed by atoms with Crippen molar-refractivity contribution < 1.29 is 0 Å². The normalized spacial score (nSPS) is 10.2. The van der Waals surface area contributed by atoms with Crippen molar-refractivity contribution in [3.05, 3.63) is 44.3 Å². The number of hydrogen-bond donors (Lipinski definition) is 1. The van der Waals surface area contributed by atoms with E-state index in [0.29, 0.717) is 10.8 Å². The van der Waals surface area contributed by atoms with Gasteiger partial charge in [0.05, 0.1) is 11.9 Å². The van der Waals surface area contributed by atoms with Gasteiger partial charge in [0.1, 0.15) is 5.02 Å². The molecule has 6 heteroatoms. The van der Waals surface area contributed by atoms with E-state index >= 15 is 0 Å². The molecule has 0 atom stereocenters. The summed E-state index contributed by atoms with van der Waals surface area (Å²) in [6.45, 7) is 0. The molecule has 1 aromatic carbocycles. The summed E-state index contributed by atoms with van der Waals surface area (Å²) in [5.74, 6) is 0.505. The second-order valence-electron chi connectivity index (χ2n) is 2.94. The Bertz CT molecular complexity index is 519. The topological polar surface area (TPSA) is 37.8 Å². The van der Waals surface area contributed by atoms with Crippen LogP contribution < -0.4 is 5.32 Å². The minimum absolute atomic E-state index is 0.165. The fraction of sp³-hybridized carbons (Fsp3) is 0. The highest BCUT2D eigenvalue weighted by Gasteiger charge is 2.06. The van der Waals surface area contributed by atoms with Gasteiger partial charge >= 0.3 is 0 Å². The van der Waals surface area contributed by atoms with Crippen molar-refractivity contribution in [1.29, 1.82) is 0 Å². The summed E-state index contributed by atoms with van der Waals surface area (Å²) >= 11 is 13.9. The molecule has 16 heavy (non-hydrogen) atoms. The summed E-state index contributed by atoms with van der Waals surface area (Å²) < 4.78 is 1.07. The zero-order valence-corrected chi connectivity index (χ0v) is 11.6. The van der Waals surface area contributed by atoms with Crippen LogP contribution in [0.1, 0.15) is 0 Å². The van der Waals surface area contributed by atoms with Crippen molar-refractivity contribution in [2.45, 2.75) is 0 Å². The molecule has 1 N–H and O–H groups in total. The van der Waals surface area contributed by atoms with Crippen molar-refractivity contribution in [2.75, 3.05) is 5.32 Å². The molecule has 3 nitrogen and oxygen atoms in total. The first-order chi connectivity index (χ1) is 7.66. The van der Waals surface area contributed by atoms with Crippen LogP contribution in [0.5, 0.6) is 0 Å². The van der Waals surface area contributed by atoms with E-state index in [4.69, 9.17) is 23.2 Å². The fourth-order valence-electron chi connectivity index (χ4n) is 1.12. The molecule has 0 saturated carbocycles. The van der Waals surface area contributed by atoms with Crippen LogP contribution in [-0.4, -0.2) is 9.97 Å². The standard InChI is InChI=1S/C10H6Cl2IN3/c11-6-5-14-10(12)16-9(6)15-8-4-2-1-3-7(8)13/h1-5H,(H,14,15,16). The summed E-state index contributed by atoms with van der Waals surface area (Å²) in [4.78, 5) is 7.80. The number of rotatable bonds is 2. The molecular weight excluding hydrogens is 360 g/mol. The number of halogens is 3. The smallest absolute Gasteiger partial charge is 0.224 e. The van der Waals surface area contributed by atoms with Crippen LogP contribution in [0.25, 0.3) is 0 Å². The summed E-state index contributed by atoms with van der Waals surface area (Å²) in [7, 11) is 0. The second-order valence-corrected chi connectivity index (χ2v) is 4.85. The Morgan fingerprint density at radius 2 is 1.94 bits per heavy atom. The molecule has 0 aliphatic heterocycles. The van der Waals surface area contributed by atoms with E-state index in [9.17, 15) is 0 Å². The van der Waals surface area contributed by atoms with E-state index in [1.54, 1.807) is 0 Å². The van der Waals surface area contributed by atoms with Crippen molar-refractivity contribution in [3.63, 3.8) is 0 Å². The molecule has 0 aliphatic carbocycles. The first-order valence-electron chi connectivity index (χ1n) is 4.36. The van der Waals surface area contributed by atoms with Gasteiger partial charge in [0.25, 0.3) is 0 Å². The highest BCUT2D eigenvalue weighted by molar-refractivity contribution is 14.1. The molecule has 1 aromatic heterocycles. The van der Waals surface area contributed by atoms with E-state index in [0.717, 1.165) is 9.26 Å². The summed E-state index contributed by atoms with van der Waals surface area (Å²) in [6.07, 6.45) is 1.47. The average Bonchev–Trinajstić information content (AvgIpc) is 2.27. The van der Waals surface area contributed by atoms with Crippen LogP contribution >= 0.6 is 45.8 Å². The predicted octanol–water partition coefficient (Wildman–Crippen LogP) is 4.13. The van der Waals surface area contributed by atoms with Crippen molar-refractivity contribution in [3.8, 4) is 0 Å². The Hall–Kier alpha value is -0.590. The van der Waals surface area contributed by atoms with Crippen LogP contribution in [-0.2, 0) is 0 Å². The lowest BCUT2D eigenvalue weighted by Crippen LogP contribution is -1.97. The number of anilines is 2. The Balaban J connectivity index is 2.34. The quantitative estimate of drug-likeness (QED) is 0.642. The van der Waals surface area contributed by atoms with Gasteiger partial charge in [-0.3, -0.25) is 0 Å². The zero-order chi connectivity index (χ0) is 11.5. The highest BCUT2D eigenvalue weighted by atomic mass is 127. The Kier molecular flexibility index (Phi) is 3.83. The third-order valence-electron chi connectivity index (χ3n) is 1.84. The van der Waals surface area contributed by atoms with Crippen LogP contribution in [0.2, 0.25) is 10.3 Å². The molecule has 0 fully saturated rings. The monoisotopic (exact) mass is 365 g/mol. The number of nitrogens with zero attached hydrogens (tertiary/aromatic N) is 2. The van der Waals surface area contributed by atoms with Crippen LogP contribution in [0.4, 0.5) is 11.5 Å². The largest absolute Gasteiger partial charge is 0.338 e. The van der Waals surface area contributed by atoms with Gasteiger partial charge in [-0.1, -0.05) is 23.7 Å². The molecule has 0 amide bonds. The highest BCUT2D eigenvalue weighted by Crippen LogP contribution is 2.26. The molecule has 0 bridgehead atoms. The zero-order valence-electron chi connectivity index (χ0n) is 7.92. The van der Waals surface area contributed by atoms with Gasteiger partial charge in [-0.25, -0.2) is 4.98 Å². The van der Waals surface area contributed by atoms with Crippen LogP contribution in [0.15, 0.2) is 30.5 Å². The van der Waals surface area contributed by atoms with E-state index in [1.807, 2.05) is 24.3 Å². The third-order valence-corrected chi connectivity index (χ3v) is 3.24. The Morgan fingerprint density at radius 3 is 2.69 bits per heavy atom. The molecule has 82 valence electrons. The number of hydrogen-bond acceptors (Lipinski definition) is 3. The fourth-order valence-corrected chi connectivity index (χ4v) is 1.92. The van der Waals surface area contributed by atoms with E-state index in [1.165, 1.54) is 6.20 Å². The first-order valence-corrected chi connectivity index (χ1v) is 6.20. The minimum atomic E-state index is 0.165. The summed E-state index contributed by atoms with van der Waals surface area (Å²) in [5.41, 5.74) is 0.930. The lowest BCUT2D eigenvalue weighted by Gasteiger charge is -2.08. The van der Waals surface area contributed by atoms with E-state index in [2.05, 4.69) is 37.9 Å². The first kappa shape index (κ1) is 11.9. The maximum absolute atomic E-state index is 5.95. The Morgan fingerprint density at radius 1 is 1.19 bits per heavy atom. The number of aromatic nitrogens is 2. The van der Waals surface area contributed by atoms with Gasteiger partial charge in [-0.2, -0.15) is 4.98 Å². The molecule has 0 radical (unpaired) electrons. The van der Waals surface area contributed by atoms with Crippen LogP contribution in [0, 0.1) is 3.57 Å². The van der Waals surface area contributed by atoms with Crippen molar-refractivity contribution in [2.24, 2.45) is 0 Å². The molecule has 0 aliphatic rings. The molecule has 1 heterocycles. The average molecular weight is 366 g/mol. The third kappa shape index (κ3) is 2.75. The van der Waals surface area contributed by atoms with Gasteiger partial charge in [0.15, 0.2) is 5.82 Å². The predicted molar refractivity (Wildman–Crippen MR) is 74.5 cm³/mol. The van der Waals surface area contributed by atoms with Gasteiger partial charge in [-0.05, 0) is 46.3 Å². The lowest BCUT2D eigenvalue weighted by atomic mass is 10.3. The number of nitrogens with one attached hydrogen (secondary N) is 1. The molecule has 2 rings (SSSR count). The summed E-state index contributed by atoms with van der Waals surface area (Å²) in [6, 6.07) is 7.82. The number of para-hydroxylation sites is 1. The summed E-state index contributed by atoms with van der Waals surface area (Å²) in [5, 5.41) is 3.71. The van der Waals surface area contributed by atoms with E-state index in [-0.39, 0.29) is 5.28 Å². The molecule has 0 spiro atoms. The van der Waals surface area contributed by atoms with Gasteiger partial charge < -0.3 is 5.32 Å². The number of benzene rings is 1. The lowest BCUT2D eigenvalue weighted by molar-refractivity contribution is 1.17. The Labute approximate surface area is 116 Å². The van der Waals surface area contributed by atoms with Crippen molar-refractivity contribution in [1.82, 2.24) is 9.97 Å².